The second-order valence-corrected chi connectivity index (χ2v) is 6.52. The number of halogens is 2. The van der Waals surface area contributed by atoms with Gasteiger partial charge in [-0.2, -0.15) is 0 Å². The first-order valence-corrected chi connectivity index (χ1v) is 8.61. The van der Waals surface area contributed by atoms with Gasteiger partial charge in [-0.05, 0) is 48.5 Å². The van der Waals surface area contributed by atoms with Gasteiger partial charge >= 0.3 is 0 Å². The van der Waals surface area contributed by atoms with Crippen molar-refractivity contribution < 1.29 is 23.2 Å². The van der Waals surface area contributed by atoms with Crippen LogP contribution >= 0.6 is 11.6 Å². The van der Waals surface area contributed by atoms with E-state index in [-0.39, 0.29) is 33.9 Å². The third-order valence-electron chi connectivity index (χ3n) is 4.31. The fraction of sp³-hybridized carbons (Fsp3) is 0.0500. The van der Waals surface area contributed by atoms with E-state index in [0.29, 0.717) is 5.76 Å². The molecule has 4 rings (SSSR count). The Labute approximate surface area is 163 Å². The summed E-state index contributed by atoms with van der Waals surface area (Å²) in [6, 6.07) is 11.1. The highest BCUT2D eigenvalue weighted by molar-refractivity contribution is 6.34. The Morgan fingerprint density at radius 2 is 1.86 bits per heavy atom. The van der Waals surface area contributed by atoms with Crippen LogP contribution in [-0.4, -0.2) is 22.6 Å². The number of carbonyl (C=O) groups excluding carboxylic acids is 3. The number of carbonyl (C=O) groups is 3. The number of furan rings is 1. The molecule has 3 amide bonds. The van der Waals surface area contributed by atoms with Crippen LogP contribution in [0.3, 0.4) is 0 Å². The third kappa shape index (κ3) is 3.16. The molecule has 0 aliphatic carbocycles. The summed E-state index contributed by atoms with van der Waals surface area (Å²) in [6.45, 7) is 0.00602. The maximum absolute atomic E-state index is 13.1. The van der Waals surface area contributed by atoms with E-state index in [9.17, 15) is 18.8 Å². The Balaban J connectivity index is 1.58. The minimum atomic E-state index is -0.541. The Bertz CT molecular complexity index is 1110. The van der Waals surface area contributed by atoms with Crippen LogP contribution in [0, 0.1) is 5.82 Å². The Hall–Kier alpha value is -3.45. The van der Waals surface area contributed by atoms with Crippen LogP contribution in [-0.2, 0) is 6.54 Å². The van der Waals surface area contributed by atoms with Crippen molar-refractivity contribution in [3.63, 3.8) is 0 Å². The summed E-state index contributed by atoms with van der Waals surface area (Å²) in [5.41, 5.74) is 0.748. The number of amides is 3. The normalized spacial score (nSPS) is 13.0. The first kappa shape index (κ1) is 17.9. The van der Waals surface area contributed by atoms with Gasteiger partial charge in [0.2, 0.25) is 0 Å². The van der Waals surface area contributed by atoms with Gasteiger partial charge < -0.3 is 9.73 Å². The van der Waals surface area contributed by atoms with E-state index in [1.807, 2.05) is 0 Å². The number of imide groups is 1. The van der Waals surface area contributed by atoms with E-state index in [4.69, 9.17) is 16.0 Å². The highest BCUT2D eigenvalue weighted by Gasteiger charge is 2.36. The molecule has 0 fully saturated rings. The van der Waals surface area contributed by atoms with Crippen LogP contribution < -0.4 is 5.32 Å². The van der Waals surface area contributed by atoms with E-state index in [1.165, 1.54) is 36.6 Å². The monoisotopic (exact) mass is 398 g/mol. The minimum absolute atomic E-state index is 0.00602. The lowest BCUT2D eigenvalue weighted by Crippen LogP contribution is -2.28. The number of benzene rings is 2. The lowest BCUT2D eigenvalue weighted by atomic mass is 10.1. The van der Waals surface area contributed by atoms with Gasteiger partial charge in [0, 0.05) is 5.56 Å². The quantitative estimate of drug-likeness (QED) is 0.670. The number of hydrogen-bond donors (Lipinski definition) is 1. The van der Waals surface area contributed by atoms with Gasteiger partial charge in [-0.15, -0.1) is 0 Å². The van der Waals surface area contributed by atoms with Crippen LogP contribution in [0.5, 0.6) is 0 Å². The molecular formula is C20H12ClFN2O4. The van der Waals surface area contributed by atoms with Gasteiger partial charge in [0.1, 0.15) is 11.6 Å². The number of rotatable bonds is 4. The minimum Gasteiger partial charge on any atom is -0.467 e. The van der Waals surface area contributed by atoms with Crippen molar-refractivity contribution >= 4 is 35.0 Å². The molecule has 0 saturated heterocycles. The van der Waals surface area contributed by atoms with Crippen LogP contribution in [0.25, 0.3) is 0 Å². The molecule has 1 N–H and O–H groups in total. The molecule has 6 nitrogen and oxygen atoms in total. The standard InChI is InChI=1S/C20H12ClFN2O4/c21-16-9-12(22)4-6-17(16)23-18(25)11-3-5-14-15(8-11)20(27)24(19(14)26)10-13-2-1-7-28-13/h1-9H,10H2,(H,23,25). The molecule has 2 aromatic carbocycles. The molecule has 0 radical (unpaired) electrons. The van der Waals surface area contributed by atoms with Crippen LogP contribution in [0.4, 0.5) is 10.1 Å². The van der Waals surface area contributed by atoms with Gasteiger partial charge in [-0.25, -0.2) is 4.39 Å². The Morgan fingerprint density at radius 3 is 2.57 bits per heavy atom. The van der Waals surface area contributed by atoms with E-state index in [2.05, 4.69) is 5.32 Å². The molecule has 0 spiro atoms. The van der Waals surface area contributed by atoms with Crippen molar-refractivity contribution in [1.82, 2.24) is 4.90 Å². The Kier molecular flexibility index (Phi) is 4.44. The molecule has 0 saturated carbocycles. The van der Waals surface area contributed by atoms with E-state index in [0.717, 1.165) is 11.0 Å². The molecular weight excluding hydrogens is 387 g/mol. The van der Waals surface area contributed by atoms with Gasteiger partial charge in [0.25, 0.3) is 17.7 Å². The second-order valence-electron chi connectivity index (χ2n) is 6.11. The van der Waals surface area contributed by atoms with Gasteiger partial charge in [-0.1, -0.05) is 11.6 Å². The van der Waals surface area contributed by atoms with E-state index < -0.39 is 23.5 Å². The van der Waals surface area contributed by atoms with Crippen molar-refractivity contribution in [2.24, 2.45) is 0 Å². The van der Waals surface area contributed by atoms with Gasteiger partial charge in [0.15, 0.2) is 0 Å². The van der Waals surface area contributed by atoms with Crippen molar-refractivity contribution in [3.8, 4) is 0 Å². The lowest BCUT2D eigenvalue weighted by molar-refractivity contribution is 0.0631. The van der Waals surface area contributed by atoms with Crippen LogP contribution in [0.15, 0.2) is 59.2 Å². The number of nitrogens with zero attached hydrogens (tertiary/aromatic N) is 1. The van der Waals surface area contributed by atoms with Crippen LogP contribution in [0.2, 0.25) is 5.02 Å². The molecule has 1 aromatic heterocycles. The maximum atomic E-state index is 13.1. The number of nitrogens with one attached hydrogen (secondary N) is 1. The summed E-state index contributed by atoms with van der Waals surface area (Å²) in [4.78, 5) is 38.7. The second kappa shape index (κ2) is 6.94. The van der Waals surface area contributed by atoms with E-state index in [1.54, 1.807) is 12.1 Å². The summed E-state index contributed by atoms with van der Waals surface area (Å²) >= 11 is 5.91. The fourth-order valence-electron chi connectivity index (χ4n) is 2.92. The molecule has 1 aliphatic rings. The SMILES string of the molecule is O=C(Nc1ccc(F)cc1Cl)c1ccc2c(c1)C(=O)N(Cc1ccco1)C2=O. The molecule has 1 aliphatic heterocycles. The maximum Gasteiger partial charge on any atom is 0.261 e. The average molecular weight is 399 g/mol. The predicted molar refractivity (Wildman–Crippen MR) is 98.7 cm³/mol. The summed E-state index contributed by atoms with van der Waals surface area (Å²) < 4.78 is 18.3. The first-order chi connectivity index (χ1) is 13.4. The number of anilines is 1. The third-order valence-corrected chi connectivity index (χ3v) is 4.62. The molecule has 0 bridgehead atoms. The summed E-state index contributed by atoms with van der Waals surface area (Å²) in [6.07, 6.45) is 1.45. The van der Waals surface area contributed by atoms with Crippen molar-refractivity contribution in [3.05, 3.63) is 88.1 Å². The topological polar surface area (TPSA) is 79.6 Å². The molecule has 8 heteroatoms. The first-order valence-electron chi connectivity index (χ1n) is 8.23. The number of hydrogen-bond acceptors (Lipinski definition) is 4. The highest BCUT2D eigenvalue weighted by atomic mass is 35.5. The zero-order valence-electron chi connectivity index (χ0n) is 14.2. The molecule has 0 unspecified atom stereocenters. The van der Waals surface area contributed by atoms with Crippen LogP contribution in [0.1, 0.15) is 36.8 Å². The summed E-state index contributed by atoms with van der Waals surface area (Å²) in [5, 5.41) is 2.60. The largest absolute Gasteiger partial charge is 0.467 e. The summed E-state index contributed by atoms with van der Waals surface area (Å²) in [5.74, 6) is -1.56. The Morgan fingerprint density at radius 1 is 1.07 bits per heavy atom. The highest BCUT2D eigenvalue weighted by Crippen LogP contribution is 2.27. The van der Waals surface area contributed by atoms with Crippen molar-refractivity contribution in [2.45, 2.75) is 6.54 Å². The zero-order valence-corrected chi connectivity index (χ0v) is 15.0. The molecule has 0 atom stereocenters. The van der Waals surface area contributed by atoms with Crippen molar-refractivity contribution in [1.29, 1.82) is 0 Å². The molecule has 2 heterocycles. The number of fused-ring (bicyclic) bond motifs is 1. The van der Waals surface area contributed by atoms with Gasteiger partial charge in [-0.3, -0.25) is 19.3 Å². The van der Waals surface area contributed by atoms with Crippen molar-refractivity contribution in [2.75, 3.05) is 5.32 Å². The molecule has 140 valence electrons. The fourth-order valence-corrected chi connectivity index (χ4v) is 3.13. The smallest absolute Gasteiger partial charge is 0.261 e. The molecule has 3 aromatic rings. The zero-order chi connectivity index (χ0) is 19.8. The predicted octanol–water partition coefficient (Wildman–Crippen LogP) is 4.12. The molecule has 28 heavy (non-hydrogen) atoms. The summed E-state index contributed by atoms with van der Waals surface area (Å²) in [7, 11) is 0. The average Bonchev–Trinajstić information content (AvgIpc) is 3.27. The lowest BCUT2D eigenvalue weighted by Gasteiger charge is -2.11. The van der Waals surface area contributed by atoms with Gasteiger partial charge in [0.05, 0.1) is 34.6 Å². The van der Waals surface area contributed by atoms with E-state index >= 15 is 0 Å².